The minimum absolute atomic E-state index is 0.406. The first-order chi connectivity index (χ1) is 6.07. The van der Waals surface area contributed by atoms with Crippen LogP contribution in [0.1, 0.15) is 28.7 Å². The van der Waals surface area contributed by atoms with Crippen molar-refractivity contribution in [2.75, 3.05) is 0 Å². The van der Waals surface area contributed by atoms with Gasteiger partial charge < -0.3 is 5.73 Å². The average Bonchev–Trinajstić information content (AvgIpc) is 2.28. The van der Waals surface area contributed by atoms with Crippen LogP contribution in [0, 0.1) is 18.8 Å². The lowest BCUT2D eigenvalue weighted by Gasteiger charge is -1.92. The van der Waals surface area contributed by atoms with Crippen LogP contribution in [0.15, 0.2) is 0 Å². The van der Waals surface area contributed by atoms with Crippen molar-refractivity contribution in [3.63, 3.8) is 0 Å². The van der Waals surface area contributed by atoms with Crippen molar-refractivity contribution < 1.29 is 4.79 Å². The molecule has 0 fully saturated rings. The zero-order chi connectivity index (χ0) is 10.0. The van der Waals surface area contributed by atoms with Crippen LogP contribution < -0.4 is 5.73 Å². The summed E-state index contributed by atoms with van der Waals surface area (Å²) >= 11 is 1.97. The standard InChI is InChI=1S/C8H8IN3O/c1-3-4-6-7(8(10)13)5(2)12(9)11-6/h1-2H3,(H2,10,13). The number of carbonyl (C=O) groups is 1. The van der Waals surface area contributed by atoms with Gasteiger partial charge in [0.1, 0.15) is 5.69 Å². The first-order valence-electron chi connectivity index (χ1n) is 3.56. The molecule has 13 heavy (non-hydrogen) atoms. The molecular formula is C8H8IN3O. The Labute approximate surface area is 90.0 Å². The van der Waals surface area contributed by atoms with Gasteiger partial charge in [0.2, 0.25) is 0 Å². The maximum absolute atomic E-state index is 11.0. The fraction of sp³-hybridized carbons (Fsp3) is 0.250. The molecule has 0 aliphatic heterocycles. The van der Waals surface area contributed by atoms with Crippen molar-refractivity contribution >= 4 is 28.8 Å². The normalized spacial score (nSPS) is 9.15. The largest absolute Gasteiger partial charge is 0.365 e. The van der Waals surface area contributed by atoms with E-state index in [1.807, 2.05) is 22.9 Å². The second kappa shape index (κ2) is 3.79. The van der Waals surface area contributed by atoms with E-state index in [0.29, 0.717) is 11.3 Å². The Morgan fingerprint density at radius 2 is 2.31 bits per heavy atom. The molecule has 2 N–H and O–H groups in total. The highest BCUT2D eigenvalue weighted by molar-refractivity contribution is 14.1. The maximum Gasteiger partial charge on any atom is 0.253 e. The van der Waals surface area contributed by atoms with Crippen LogP contribution in [0.5, 0.6) is 0 Å². The fourth-order valence-corrected chi connectivity index (χ4v) is 1.43. The van der Waals surface area contributed by atoms with E-state index < -0.39 is 5.91 Å². The Morgan fingerprint density at radius 1 is 1.69 bits per heavy atom. The Morgan fingerprint density at radius 3 is 2.77 bits per heavy atom. The molecule has 1 heterocycles. The number of nitrogens with two attached hydrogens (primary N) is 1. The third-order valence-corrected chi connectivity index (χ3v) is 2.49. The SMILES string of the molecule is CC#Cc1nn(I)c(C)c1C(N)=O. The Hall–Kier alpha value is -1.03. The molecule has 0 atom stereocenters. The molecule has 5 heteroatoms. The molecule has 0 radical (unpaired) electrons. The molecule has 1 aromatic rings. The third kappa shape index (κ3) is 1.83. The second-order valence-electron chi connectivity index (χ2n) is 2.41. The number of carbonyl (C=O) groups excluding carboxylic acids is 1. The summed E-state index contributed by atoms with van der Waals surface area (Å²) in [7, 11) is 0. The third-order valence-electron chi connectivity index (χ3n) is 1.55. The van der Waals surface area contributed by atoms with Crippen LogP contribution in [0.25, 0.3) is 0 Å². The smallest absolute Gasteiger partial charge is 0.253 e. The van der Waals surface area contributed by atoms with Crippen LogP contribution >= 0.6 is 22.9 Å². The van der Waals surface area contributed by atoms with E-state index in [0.717, 1.165) is 5.69 Å². The van der Waals surface area contributed by atoms with Crippen molar-refractivity contribution in [1.29, 1.82) is 0 Å². The van der Waals surface area contributed by atoms with E-state index in [2.05, 4.69) is 16.9 Å². The van der Waals surface area contributed by atoms with Gasteiger partial charge in [-0.15, -0.1) is 0 Å². The fourth-order valence-electron chi connectivity index (χ4n) is 0.977. The number of aromatic nitrogens is 2. The quantitative estimate of drug-likeness (QED) is 0.615. The molecule has 4 nitrogen and oxygen atoms in total. The number of nitrogens with zero attached hydrogens (tertiary/aromatic N) is 2. The number of halogens is 1. The van der Waals surface area contributed by atoms with Crippen LogP contribution in [-0.2, 0) is 0 Å². The van der Waals surface area contributed by atoms with Crippen LogP contribution in [0.3, 0.4) is 0 Å². The summed E-state index contributed by atoms with van der Waals surface area (Å²) in [5, 5.41) is 4.05. The summed E-state index contributed by atoms with van der Waals surface area (Å²) in [5.74, 6) is 4.93. The molecule has 68 valence electrons. The van der Waals surface area contributed by atoms with Gasteiger partial charge in [0, 0.05) is 0 Å². The summed E-state index contributed by atoms with van der Waals surface area (Å²) in [6.07, 6.45) is 0. The van der Waals surface area contributed by atoms with E-state index in [1.165, 1.54) is 0 Å². The van der Waals surface area contributed by atoms with Crippen molar-refractivity contribution in [3.05, 3.63) is 17.0 Å². The van der Waals surface area contributed by atoms with Crippen LogP contribution in [-0.4, -0.2) is 13.9 Å². The maximum atomic E-state index is 11.0. The zero-order valence-electron chi connectivity index (χ0n) is 7.26. The van der Waals surface area contributed by atoms with Crippen molar-refractivity contribution in [2.45, 2.75) is 13.8 Å². The Kier molecular flexibility index (Phi) is 2.93. The van der Waals surface area contributed by atoms with E-state index in [1.54, 1.807) is 16.7 Å². The minimum atomic E-state index is -0.488. The number of primary amides is 1. The summed E-state index contributed by atoms with van der Waals surface area (Å²) in [5.41, 5.74) is 6.78. The van der Waals surface area contributed by atoms with Crippen molar-refractivity contribution in [3.8, 4) is 11.8 Å². The lowest BCUT2D eigenvalue weighted by molar-refractivity contribution is 0.0999. The highest BCUT2D eigenvalue weighted by atomic mass is 127. The van der Waals surface area contributed by atoms with Gasteiger partial charge in [0.05, 0.1) is 34.1 Å². The van der Waals surface area contributed by atoms with E-state index in [9.17, 15) is 4.79 Å². The number of hydrogen-bond acceptors (Lipinski definition) is 2. The number of hydrogen-bond donors (Lipinski definition) is 1. The highest BCUT2D eigenvalue weighted by Gasteiger charge is 2.16. The molecule has 1 rings (SSSR count). The summed E-state index contributed by atoms with van der Waals surface area (Å²) in [6.45, 7) is 3.46. The molecule has 1 aromatic heterocycles. The monoisotopic (exact) mass is 289 g/mol. The molecule has 0 saturated heterocycles. The van der Waals surface area contributed by atoms with Gasteiger partial charge in [-0.2, -0.15) is 5.10 Å². The van der Waals surface area contributed by atoms with E-state index in [-0.39, 0.29) is 0 Å². The molecule has 0 spiro atoms. The van der Waals surface area contributed by atoms with Gasteiger partial charge in [-0.05, 0) is 19.8 Å². The summed E-state index contributed by atoms with van der Waals surface area (Å²) < 4.78 is 1.57. The van der Waals surface area contributed by atoms with Gasteiger partial charge in [0.15, 0.2) is 0 Å². The number of rotatable bonds is 1. The molecule has 0 bridgehead atoms. The van der Waals surface area contributed by atoms with Crippen molar-refractivity contribution in [2.24, 2.45) is 5.73 Å². The molecule has 0 aromatic carbocycles. The molecule has 0 unspecified atom stereocenters. The first-order valence-corrected chi connectivity index (χ1v) is 4.52. The highest BCUT2D eigenvalue weighted by Crippen LogP contribution is 2.14. The Balaban J connectivity index is 3.41. The summed E-state index contributed by atoms with van der Waals surface area (Å²) in [4.78, 5) is 11.0. The van der Waals surface area contributed by atoms with Gasteiger partial charge >= 0.3 is 0 Å². The van der Waals surface area contributed by atoms with Gasteiger partial charge in [-0.1, -0.05) is 5.92 Å². The Bertz CT molecular complexity index is 411. The molecule has 0 saturated carbocycles. The predicted molar refractivity (Wildman–Crippen MR) is 57.5 cm³/mol. The average molecular weight is 289 g/mol. The first kappa shape index (κ1) is 10.1. The molecule has 0 aliphatic rings. The van der Waals surface area contributed by atoms with Gasteiger partial charge in [0.25, 0.3) is 5.91 Å². The zero-order valence-corrected chi connectivity index (χ0v) is 9.42. The van der Waals surface area contributed by atoms with Crippen LogP contribution in [0.2, 0.25) is 0 Å². The summed E-state index contributed by atoms with van der Waals surface area (Å²) in [6, 6.07) is 0. The van der Waals surface area contributed by atoms with Gasteiger partial charge in [-0.25, -0.2) is 2.90 Å². The van der Waals surface area contributed by atoms with E-state index >= 15 is 0 Å². The predicted octanol–water partition coefficient (Wildman–Crippen LogP) is 0.860. The van der Waals surface area contributed by atoms with Crippen molar-refractivity contribution in [1.82, 2.24) is 7.99 Å². The van der Waals surface area contributed by atoms with Gasteiger partial charge in [-0.3, -0.25) is 4.79 Å². The lowest BCUT2D eigenvalue weighted by Crippen LogP contribution is -2.13. The van der Waals surface area contributed by atoms with Crippen LogP contribution in [0.4, 0.5) is 0 Å². The van der Waals surface area contributed by atoms with E-state index in [4.69, 9.17) is 5.73 Å². The topological polar surface area (TPSA) is 60.9 Å². The second-order valence-corrected chi connectivity index (χ2v) is 3.32. The molecule has 0 aliphatic carbocycles. The lowest BCUT2D eigenvalue weighted by atomic mass is 10.2. The molecular weight excluding hydrogens is 281 g/mol. The molecule has 1 amide bonds. The minimum Gasteiger partial charge on any atom is -0.365 e. The number of amides is 1.